The van der Waals surface area contributed by atoms with E-state index in [1.54, 1.807) is 7.11 Å². The largest absolute Gasteiger partial charge is 0.383 e. The molecule has 0 saturated carbocycles. The Morgan fingerprint density at radius 3 is 2.70 bits per heavy atom. The number of rotatable bonds is 10. The van der Waals surface area contributed by atoms with Gasteiger partial charge in [-0.25, -0.2) is 9.97 Å². The van der Waals surface area contributed by atoms with Gasteiger partial charge in [-0.2, -0.15) is 0 Å². The Kier molecular flexibility index (Phi) is 7.99. The van der Waals surface area contributed by atoms with Crippen LogP contribution in [-0.4, -0.2) is 42.7 Å². The quantitative estimate of drug-likeness (QED) is 0.496. The number of anilines is 1. The van der Waals surface area contributed by atoms with Crippen LogP contribution in [0.25, 0.3) is 10.9 Å². The third-order valence-corrected chi connectivity index (χ3v) is 4.99. The number of nitrogens with zero attached hydrogens (tertiary/aromatic N) is 3. The van der Waals surface area contributed by atoms with Gasteiger partial charge in [-0.1, -0.05) is 48.9 Å². The summed E-state index contributed by atoms with van der Waals surface area (Å²) in [5.41, 5.74) is 1.96. The number of hydrogen-bond acceptors (Lipinski definition) is 5. The van der Waals surface area contributed by atoms with Crippen LogP contribution in [0.5, 0.6) is 0 Å². The molecule has 1 amide bonds. The van der Waals surface area contributed by atoms with E-state index in [1.807, 2.05) is 43.3 Å². The number of carbonyl (C=O) groups is 1. The van der Waals surface area contributed by atoms with Gasteiger partial charge in [0.05, 0.1) is 12.1 Å². The molecule has 0 aliphatic carbocycles. The number of nitrogens with one attached hydrogen (secondary N) is 1. The lowest BCUT2D eigenvalue weighted by molar-refractivity contribution is -0.121. The summed E-state index contributed by atoms with van der Waals surface area (Å²) in [7, 11) is 1.62. The molecule has 7 heteroatoms. The van der Waals surface area contributed by atoms with Crippen molar-refractivity contribution >= 4 is 34.2 Å². The second-order valence-corrected chi connectivity index (χ2v) is 7.41. The predicted octanol–water partition coefficient (Wildman–Crippen LogP) is 4.00. The fraction of sp³-hybridized carbons (Fsp3) is 0.348. The molecule has 0 aliphatic heterocycles. The Hall–Kier alpha value is -2.70. The van der Waals surface area contributed by atoms with E-state index in [9.17, 15) is 4.79 Å². The Morgan fingerprint density at radius 1 is 1.17 bits per heavy atom. The number of ether oxygens (including phenoxy) is 1. The van der Waals surface area contributed by atoms with Crippen molar-refractivity contribution in [2.24, 2.45) is 0 Å². The van der Waals surface area contributed by atoms with Gasteiger partial charge < -0.3 is 15.0 Å². The normalized spacial score (nSPS) is 10.9. The minimum Gasteiger partial charge on any atom is -0.383 e. The van der Waals surface area contributed by atoms with Crippen LogP contribution in [0.3, 0.4) is 0 Å². The molecule has 30 heavy (non-hydrogen) atoms. The Morgan fingerprint density at radius 2 is 1.97 bits per heavy atom. The van der Waals surface area contributed by atoms with Gasteiger partial charge in [0, 0.05) is 50.0 Å². The zero-order chi connectivity index (χ0) is 21.3. The number of halogens is 1. The molecule has 0 atom stereocenters. The van der Waals surface area contributed by atoms with E-state index < -0.39 is 0 Å². The molecule has 1 heterocycles. The molecule has 0 bridgehead atoms. The number of hydrogen-bond donors (Lipinski definition) is 1. The third kappa shape index (κ3) is 5.90. The van der Waals surface area contributed by atoms with Gasteiger partial charge in [-0.15, -0.1) is 0 Å². The number of aromatic nitrogens is 2. The Labute approximate surface area is 182 Å². The standard InChI is InChI=1S/C23H27ClN4O2/c1-3-21-26-20-15-18(24)9-10-19(20)23(27-21)28(16-17-7-5-4-6-8-17)13-11-22(29)25-12-14-30-2/h4-10,15H,3,11-14,16H2,1-2H3,(H,25,29). The molecule has 2 aromatic carbocycles. The lowest BCUT2D eigenvalue weighted by Gasteiger charge is -2.25. The van der Waals surface area contributed by atoms with Crippen LogP contribution in [0, 0.1) is 0 Å². The smallest absolute Gasteiger partial charge is 0.221 e. The van der Waals surface area contributed by atoms with Gasteiger partial charge in [-0.05, 0) is 23.8 Å². The van der Waals surface area contributed by atoms with E-state index in [2.05, 4.69) is 27.3 Å². The average Bonchev–Trinajstić information content (AvgIpc) is 2.76. The summed E-state index contributed by atoms with van der Waals surface area (Å²) in [4.78, 5) is 23.9. The number of amides is 1. The van der Waals surface area contributed by atoms with E-state index in [1.165, 1.54) is 0 Å². The molecule has 0 spiro atoms. The molecule has 1 aromatic heterocycles. The summed E-state index contributed by atoms with van der Waals surface area (Å²) in [6.07, 6.45) is 1.07. The van der Waals surface area contributed by atoms with Crippen LogP contribution in [-0.2, 0) is 22.5 Å². The van der Waals surface area contributed by atoms with Crippen LogP contribution in [0.15, 0.2) is 48.5 Å². The van der Waals surface area contributed by atoms with E-state index in [-0.39, 0.29) is 5.91 Å². The zero-order valence-electron chi connectivity index (χ0n) is 17.4. The van der Waals surface area contributed by atoms with Crippen LogP contribution >= 0.6 is 11.6 Å². The summed E-state index contributed by atoms with van der Waals surface area (Å²) < 4.78 is 5.00. The van der Waals surface area contributed by atoms with Crippen LogP contribution in [0.1, 0.15) is 24.7 Å². The molecule has 0 radical (unpaired) electrons. The van der Waals surface area contributed by atoms with E-state index in [0.29, 0.717) is 44.1 Å². The van der Waals surface area contributed by atoms with Crippen molar-refractivity contribution in [3.63, 3.8) is 0 Å². The van der Waals surface area contributed by atoms with Crippen molar-refractivity contribution in [3.05, 3.63) is 64.9 Å². The topological polar surface area (TPSA) is 67.4 Å². The third-order valence-electron chi connectivity index (χ3n) is 4.75. The van der Waals surface area contributed by atoms with Gasteiger partial charge in [0.25, 0.3) is 0 Å². The van der Waals surface area contributed by atoms with Crippen molar-refractivity contribution in [1.82, 2.24) is 15.3 Å². The van der Waals surface area contributed by atoms with Gasteiger partial charge >= 0.3 is 0 Å². The Balaban J connectivity index is 1.92. The Bertz CT molecular complexity index is 982. The molecular formula is C23H27ClN4O2. The maximum Gasteiger partial charge on any atom is 0.221 e. The SMILES string of the molecule is CCc1nc(N(CCC(=O)NCCOC)Cc2ccccc2)c2ccc(Cl)cc2n1. The fourth-order valence-corrected chi connectivity index (χ4v) is 3.38. The van der Waals surface area contributed by atoms with Crippen LogP contribution < -0.4 is 10.2 Å². The minimum atomic E-state index is -0.0118. The van der Waals surface area contributed by atoms with Gasteiger partial charge in [0.1, 0.15) is 11.6 Å². The van der Waals surface area contributed by atoms with Crippen molar-refractivity contribution in [1.29, 1.82) is 0 Å². The highest BCUT2D eigenvalue weighted by Gasteiger charge is 2.16. The maximum absolute atomic E-state index is 12.3. The highest BCUT2D eigenvalue weighted by Crippen LogP contribution is 2.28. The first-order chi connectivity index (χ1) is 14.6. The summed E-state index contributed by atoms with van der Waals surface area (Å²) in [6.45, 7) is 4.20. The second kappa shape index (κ2) is 10.9. The average molecular weight is 427 g/mol. The number of carbonyl (C=O) groups excluding carboxylic acids is 1. The summed E-state index contributed by atoms with van der Waals surface area (Å²) >= 11 is 6.20. The summed E-state index contributed by atoms with van der Waals surface area (Å²) in [5, 5.41) is 4.44. The van der Waals surface area contributed by atoms with E-state index in [0.717, 1.165) is 28.1 Å². The molecule has 3 rings (SSSR count). The molecular weight excluding hydrogens is 400 g/mol. The molecule has 1 N–H and O–H groups in total. The lowest BCUT2D eigenvalue weighted by atomic mass is 10.1. The summed E-state index contributed by atoms with van der Waals surface area (Å²) in [5.74, 6) is 1.56. The molecule has 0 saturated heterocycles. The lowest BCUT2D eigenvalue weighted by Crippen LogP contribution is -2.32. The number of aryl methyl sites for hydroxylation is 1. The highest BCUT2D eigenvalue weighted by molar-refractivity contribution is 6.31. The van der Waals surface area contributed by atoms with E-state index in [4.69, 9.17) is 21.3 Å². The van der Waals surface area contributed by atoms with Crippen molar-refractivity contribution in [2.45, 2.75) is 26.3 Å². The first-order valence-corrected chi connectivity index (χ1v) is 10.5. The zero-order valence-corrected chi connectivity index (χ0v) is 18.2. The predicted molar refractivity (Wildman–Crippen MR) is 121 cm³/mol. The van der Waals surface area contributed by atoms with Crippen LogP contribution in [0.4, 0.5) is 5.82 Å². The molecule has 0 unspecified atom stereocenters. The molecule has 0 fully saturated rings. The number of fused-ring (bicyclic) bond motifs is 1. The highest BCUT2D eigenvalue weighted by atomic mass is 35.5. The maximum atomic E-state index is 12.3. The number of methoxy groups -OCH3 is 1. The van der Waals surface area contributed by atoms with Gasteiger partial charge in [-0.3, -0.25) is 4.79 Å². The monoisotopic (exact) mass is 426 g/mol. The van der Waals surface area contributed by atoms with Crippen molar-refractivity contribution in [3.8, 4) is 0 Å². The first kappa shape index (κ1) is 22.0. The first-order valence-electron chi connectivity index (χ1n) is 10.1. The summed E-state index contributed by atoms with van der Waals surface area (Å²) in [6, 6.07) is 15.8. The molecule has 158 valence electrons. The molecule has 0 aliphatic rings. The van der Waals surface area contributed by atoms with E-state index >= 15 is 0 Å². The van der Waals surface area contributed by atoms with Crippen molar-refractivity contribution in [2.75, 3.05) is 31.7 Å². The van der Waals surface area contributed by atoms with Crippen LogP contribution in [0.2, 0.25) is 5.02 Å². The van der Waals surface area contributed by atoms with Gasteiger partial charge in [0.15, 0.2) is 0 Å². The second-order valence-electron chi connectivity index (χ2n) is 6.98. The number of benzene rings is 2. The minimum absolute atomic E-state index is 0.0118. The molecule has 3 aromatic rings. The fourth-order valence-electron chi connectivity index (χ4n) is 3.21. The molecule has 6 nitrogen and oxygen atoms in total. The van der Waals surface area contributed by atoms with Gasteiger partial charge in [0.2, 0.25) is 5.91 Å². The van der Waals surface area contributed by atoms with Crippen molar-refractivity contribution < 1.29 is 9.53 Å².